The summed E-state index contributed by atoms with van der Waals surface area (Å²) in [7, 11) is 0. The number of thioether (sulfide) groups is 1. The predicted molar refractivity (Wildman–Crippen MR) is 119 cm³/mol. The van der Waals surface area contributed by atoms with Gasteiger partial charge in [-0.2, -0.15) is 0 Å². The van der Waals surface area contributed by atoms with Crippen LogP contribution in [0.25, 0.3) is 6.08 Å². The molecule has 0 aliphatic carbocycles. The summed E-state index contributed by atoms with van der Waals surface area (Å²) in [6.45, 7) is 7.33. The Hall–Kier alpha value is -1.24. The number of terminal acetylenes is 1. The minimum absolute atomic E-state index is 0.0469. The minimum Gasteiger partial charge on any atom is -0.490 e. The number of hydrogen-bond donors (Lipinski definition) is 0. The molecule has 2 rings (SSSR count). The Kier molecular flexibility index (Phi) is 7.80. The van der Waals surface area contributed by atoms with E-state index in [-0.39, 0.29) is 12.5 Å². The monoisotopic (exact) mass is 501 g/mol. The fourth-order valence-electron chi connectivity index (χ4n) is 2.36. The minimum atomic E-state index is -0.0469. The normalized spacial score (nSPS) is 15.7. The third kappa shape index (κ3) is 5.15. The molecule has 1 saturated heterocycles. The number of ether oxygens (including phenoxy) is 2. The Bertz CT molecular complexity index is 784. The number of carbonyl (C=O) groups excluding carboxylic acids is 1. The van der Waals surface area contributed by atoms with E-state index in [2.05, 4.69) is 42.4 Å². The van der Waals surface area contributed by atoms with Crippen LogP contribution in [-0.2, 0) is 4.79 Å². The highest BCUT2D eigenvalue weighted by atomic mass is 127. The molecule has 1 amide bonds. The van der Waals surface area contributed by atoms with Gasteiger partial charge in [0.15, 0.2) is 11.5 Å². The zero-order valence-corrected chi connectivity index (χ0v) is 18.7. The number of thiocarbonyl (C=S) groups is 1. The number of halogens is 1. The van der Waals surface area contributed by atoms with Gasteiger partial charge in [0.05, 0.1) is 15.1 Å². The van der Waals surface area contributed by atoms with Gasteiger partial charge >= 0.3 is 0 Å². The summed E-state index contributed by atoms with van der Waals surface area (Å²) in [6.07, 6.45) is 7.12. The summed E-state index contributed by atoms with van der Waals surface area (Å²) in [5.41, 5.74) is 0.857. The Labute approximate surface area is 177 Å². The van der Waals surface area contributed by atoms with Gasteiger partial charge in [0.25, 0.3) is 5.91 Å². The molecule has 0 atom stereocenters. The van der Waals surface area contributed by atoms with Crippen molar-refractivity contribution in [2.75, 3.05) is 19.8 Å². The van der Waals surface area contributed by atoms with Crippen molar-refractivity contribution in [3.63, 3.8) is 0 Å². The molecule has 0 unspecified atom stereocenters. The molecule has 0 radical (unpaired) electrons. The molecule has 0 aromatic heterocycles. The lowest BCUT2D eigenvalue weighted by atomic mass is 10.1. The highest BCUT2D eigenvalue weighted by molar-refractivity contribution is 14.1. The van der Waals surface area contributed by atoms with Gasteiger partial charge in [-0.1, -0.05) is 43.7 Å². The van der Waals surface area contributed by atoms with E-state index in [0.29, 0.717) is 39.8 Å². The number of benzene rings is 1. The van der Waals surface area contributed by atoms with Gasteiger partial charge in [0.2, 0.25) is 0 Å². The second kappa shape index (κ2) is 9.62. The quantitative estimate of drug-likeness (QED) is 0.237. The molecule has 26 heavy (non-hydrogen) atoms. The van der Waals surface area contributed by atoms with Gasteiger partial charge in [-0.15, -0.1) is 6.42 Å². The number of hydrogen-bond acceptors (Lipinski definition) is 5. The summed E-state index contributed by atoms with van der Waals surface area (Å²) >= 11 is 8.86. The molecule has 0 saturated carbocycles. The van der Waals surface area contributed by atoms with Crippen LogP contribution in [0.4, 0.5) is 0 Å². The van der Waals surface area contributed by atoms with Crippen molar-refractivity contribution in [3.8, 4) is 23.8 Å². The lowest BCUT2D eigenvalue weighted by Gasteiger charge is -2.16. The molecular weight excluding hydrogens is 481 g/mol. The van der Waals surface area contributed by atoms with Crippen molar-refractivity contribution < 1.29 is 14.3 Å². The fourth-order valence-corrected chi connectivity index (χ4v) is 4.42. The molecule has 4 nitrogen and oxygen atoms in total. The SMILES string of the molecule is C#CCOc1c(I)cc(/C=C2\SC(=S)N(CC(C)C)C2=O)cc1OCC. The largest absolute Gasteiger partial charge is 0.490 e. The topological polar surface area (TPSA) is 38.8 Å². The Morgan fingerprint density at radius 3 is 2.77 bits per heavy atom. The van der Waals surface area contributed by atoms with Gasteiger partial charge in [-0.05, 0) is 59.2 Å². The summed E-state index contributed by atoms with van der Waals surface area (Å²) < 4.78 is 12.8. The molecular formula is C19H20INO3S2. The summed E-state index contributed by atoms with van der Waals surface area (Å²) in [6, 6.07) is 3.79. The maximum Gasteiger partial charge on any atom is 0.266 e. The van der Waals surface area contributed by atoms with Crippen molar-refractivity contribution in [3.05, 3.63) is 26.2 Å². The van der Waals surface area contributed by atoms with Crippen molar-refractivity contribution in [2.45, 2.75) is 20.8 Å². The van der Waals surface area contributed by atoms with E-state index in [4.69, 9.17) is 28.1 Å². The zero-order chi connectivity index (χ0) is 19.3. The lowest BCUT2D eigenvalue weighted by Crippen LogP contribution is -2.31. The first-order valence-electron chi connectivity index (χ1n) is 8.15. The summed E-state index contributed by atoms with van der Waals surface area (Å²) in [4.78, 5) is 14.9. The van der Waals surface area contributed by atoms with E-state index in [1.54, 1.807) is 4.90 Å². The number of nitrogens with zero attached hydrogens (tertiary/aromatic N) is 1. The first-order chi connectivity index (χ1) is 12.4. The van der Waals surface area contributed by atoms with Crippen LogP contribution < -0.4 is 9.47 Å². The Balaban J connectivity index is 2.34. The molecule has 1 heterocycles. The van der Waals surface area contributed by atoms with Crippen LogP contribution in [0.2, 0.25) is 0 Å². The third-order valence-electron chi connectivity index (χ3n) is 3.35. The van der Waals surface area contributed by atoms with Crippen LogP contribution in [0.1, 0.15) is 26.3 Å². The molecule has 1 aromatic rings. The second-order valence-electron chi connectivity index (χ2n) is 5.94. The van der Waals surface area contributed by atoms with Crippen molar-refractivity contribution in [2.24, 2.45) is 5.92 Å². The molecule has 0 bridgehead atoms. The molecule has 0 spiro atoms. The maximum absolute atomic E-state index is 12.6. The van der Waals surface area contributed by atoms with E-state index >= 15 is 0 Å². The lowest BCUT2D eigenvalue weighted by molar-refractivity contribution is -0.122. The van der Waals surface area contributed by atoms with Gasteiger partial charge in [0.1, 0.15) is 10.9 Å². The van der Waals surface area contributed by atoms with Crippen molar-refractivity contribution >= 4 is 62.9 Å². The molecule has 1 aliphatic heterocycles. The second-order valence-corrected chi connectivity index (χ2v) is 8.78. The number of amides is 1. The average Bonchev–Trinajstić information content (AvgIpc) is 2.81. The van der Waals surface area contributed by atoms with Gasteiger partial charge in [0, 0.05) is 6.54 Å². The maximum atomic E-state index is 12.6. The third-order valence-corrected chi connectivity index (χ3v) is 5.53. The highest BCUT2D eigenvalue weighted by Gasteiger charge is 2.32. The Morgan fingerprint density at radius 1 is 1.42 bits per heavy atom. The number of rotatable bonds is 7. The molecule has 0 N–H and O–H groups in total. The van der Waals surface area contributed by atoms with Crippen LogP contribution in [0.15, 0.2) is 17.0 Å². The van der Waals surface area contributed by atoms with Gasteiger partial charge in [-0.25, -0.2) is 0 Å². The molecule has 1 fully saturated rings. The molecule has 1 aliphatic rings. The first-order valence-corrected chi connectivity index (χ1v) is 10.5. The molecule has 7 heteroatoms. The summed E-state index contributed by atoms with van der Waals surface area (Å²) in [5.74, 6) is 4.00. The van der Waals surface area contributed by atoms with E-state index < -0.39 is 0 Å². The van der Waals surface area contributed by atoms with Crippen LogP contribution >= 0.6 is 46.6 Å². The molecule has 1 aromatic carbocycles. The smallest absolute Gasteiger partial charge is 0.266 e. The van der Waals surface area contributed by atoms with Gasteiger partial charge in [-0.3, -0.25) is 9.69 Å². The van der Waals surface area contributed by atoms with Gasteiger partial charge < -0.3 is 9.47 Å². The number of carbonyl (C=O) groups is 1. The van der Waals surface area contributed by atoms with Crippen LogP contribution in [0.5, 0.6) is 11.5 Å². The fraction of sp³-hybridized carbons (Fsp3) is 0.368. The van der Waals surface area contributed by atoms with E-state index in [9.17, 15) is 4.79 Å². The van der Waals surface area contributed by atoms with E-state index in [1.165, 1.54) is 11.8 Å². The van der Waals surface area contributed by atoms with Crippen molar-refractivity contribution in [1.82, 2.24) is 4.90 Å². The molecule has 138 valence electrons. The van der Waals surface area contributed by atoms with E-state index in [1.807, 2.05) is 25.1 Å². The Morgan fingerprint density at radius 2 is 2.15 bits per heavy atom. The first kappa shape index (κ1) is 21.1. The van der Waals surface area contributed by atoms with Crippen molar-refractivity contribution in [1.29, 1.82) is 0 Å². The summed E-state index contributed by atoms with van der Waals surface area (Å²) in [5, 5.41) is 0. The standard InChI is InChI=1S/C19H20INO3S2/c1-5-7-24-17-14(20)8-13(9-15(17)23-6-2)10-16-18(22)21(11-12(3)4)19(25)26-16/h1,8-10,12H,6-7,11H2,2-4H3/b16-10-. The highest BCUT2D eigenvalue weighted by Crippen LogP contribution is 2.37. The zero-order valence-electron chi connectivity index (χ0n) is 14.9. The van der Waals surface area contributed by atoms with E-state index in [0.717, 1.165) is 9.13 Å². The average molecular weight is 501 g/mol. The van der Waals surface area contributed by atoms with Crippen LogP contribution in [0, 0.1) is 21.8 Å². The van der Waals surface area contributed by atoms with Crippen LogP contribution in [-0.4, -0.2) is 34.9 Å². The predicted octanol–water partition coefficient (Wildman–Crippen LogP) is 4.56. The van der Waals surface area contributed by atoms with Crippen LogP contribution in [0.3, 0.4) is 0 Å².